The average molecular weight is 316 g/mol. The largest absolute Gasteiger partial charge is 0.352 e. The summed E-state index contributed by atoms with van der Waals surface area (Å²) in [5, 5.41) is 3.32. The number of carbonyl (C=O) groups excluding carboxylic acids is 1. The molecular weight excluding hydrogens is 300 g/mol. The Hall–Kier alpha value is -1.59. The molecule has 0 unspecified atom stereocenters. The number of fused-ring (bicyclic) bond motifs is 1. The number of amides is 1. The third-order valence-corrected chi connectivity index (χ3v) is 5.20. The van der Waals surface area contributed by atoms with Gasteiger partial charge in [-0.15, -0.1) is 0 Å². The topological polar surface area (TPSA) is 44.9 Å². The first-order chi connectivity index (χ1) is 10.3. The molecule has 21 heavy (non-hydrogen) atoms. The first-order valence-electron chi connectivity index (χ1n) is 6.91. The predicted molar refractivity (Wildman–Crippen MR) is 89.3 cm³/mol. The molecule has 3 rings (SSSR count). The van der Waals surface area contributed by atoms with Crippen molar-refractivity contribution in [2.45, 2.75) is 11.7 Å². The van der Waals surface area contributed by atoms with E-state index >= 15 is 0 Å². The number of aryl methyl sites for hydroxylation is 1. The molecule has 0 radical (unpaired) electrons. The molecule has 0 bridgehead atoms. The fraction of sp³-hybridized carbons (Fsp3) is 0.250. The summed E-state index contributed by atoms with van der Waals surface area (Å²) in [6.07, 6.45) is 2.83. The fourth-order valence-electron chi connectivity index (χ4n) is 2.53. The van der Waals surface area contributed by atoms with Crippen LogP contribution in [0.3, 0.4) is 0 Å². The molecule has 1 aliphatic heterocycles. The molecule has 1 atom stereocenters. The van der Waals surface area contributed by atoms with E-state index in [1.54, 1.807) is 18.3 Å². The molecule has 1 aromatic carbocycles. The molecule has 1 aromatic heterocycles. The Morgan fingerprint density at radius 2 is 2.19 bits per heavy atom. The summed E-state index contributed by atoms with van der Waals surface area (Å²) in [6.45, 7) is 0.629. The number of thioether (sulfide) groups is 1. The lowest BCUT2D eigenvalue weighted by molar-refractivity contribution is 0.0953. The summed E-state index contributed by atoms with van der Waals surface area (Å²) in [7, 11) is 0. The van der Waals surface area contributed by atoms with Crippen LogP contribution in [0.25, 0.3) is 0 Å². The maximum Gasteiger partial charge on any atom is 0.254 e. The van der Waals surface area contributed by atoms with Gasteiger partial charge in [-0.2, -0.15) is 11.8 Å². The maximum absolute atomic E-state index is 12.2. The SMILES string of the molecule is O=C(NC[C@H]1SCCc2ccccc21)c1ccc[nH]c1=S. The lowest BCUT2D eigenvalue weighted by Gasteiger charge is -2.25. The van der Waals surface area contributed by atoms with Gasteiger partial charge in [0.2, 0.25) is 0 Å². The molecule has 0 aliphatic carbocycles. The fourth-order valence-corrected chi connectivity index (χ4v) is 3.99. The second-order valence-electron chi connectivity index (χ2n) is 4.93. The van der Waals surface area contributed by atoms with Crippen molar-refractivity contribution < 1.29 is 4.79 Å². The highest BCUT2D eigenvalue weighted by Crippen LogP contribution is 2.35. The molecule has 2 N–H and O–H groups in total. The number of hydrogen-bond acceptors (Lipinski definition) is 3. The highest BCUT2D eigenvalue weighted by atomic mass is 32.2. The van der Waals surface area contributed by atoms with Crippen molar-refractivity contribution in [1.29, 1.82) is 0 Å². The number of carbonyl (C=O) groups is 1. The van der Waals surface area contributed by atoms with Gasteiger partial charge in [0.15, 0.2) is 0 Å². The van der Waals surface area contributed by atoms with Crippen molar-refractivity contribution in [3.8, 4) is 0 Å². The standard InChI is InChI=1S/C16H16N2OS2/c19-15(13-6-3-8-17-16(13)20)18-10-14-12-5-2-1-4-11(12)7-9-21-14/h1-6,8,14H,7,9-10H2,(H,17,20)(H,18,19)/t14-/m1/s1. The number of aromatic nitrogens is 1. The third kappa shape index (κ3) is 3.19. The van der Waals surface area contributed by atoms with Gasteiger partial charge in [-0.25, -0.2) is 0 Å². The van der Waals surface area contributed by atoms with Crippen LogP contribution in [0.1, 0.15) is 26.7 Å². The van der Waals surface area contributed by atoms with Crippen molar-refractivity contribution in [1.82, 2.24) is 10.3 Å². The van der Waals surface area contributed by atoms with Crippen molar-refractivity contribution in [2.75, 3.05) is 12.3 Å². The third-order valence-electron chi connectivity index (χ3n) is 3.60. The lowest BCUT2D eigenvalue weighted by atomic mass is 10.0. The summed E-state index contributed by atoms with van der Waals surface area (Å²) in [6, 6.07) is 12.0. The zero-order valence-electron chi connectivity index (χ0n) is 11.5. The number of nitrogens with one attached hydrogen (secondary N) is 2. The van der Waals surface area contributed by atoms with Crippen LogP contribution in [0.5, 0.6) is 0 Å². The molecule has 2 aromatic rings. The van der Waals surface area contributed by atoms with Crippen LogP contribution >= 0.6 is 24.0 Å². The highest BCUT2D eigenvalue weighted by molar-refractivity contribution is 7.99. The van der Waals surface area contributed by atoms with Gasteiger partial charge in [0.25, 0.3) is 5.91 Å². The summed E-state index contributed by atoms with van der Waals surface area (Å²) in [4.78, 5) is 15.1. The van der Waals surface area contributed by atoms with Gasteiger partial charge in [-0.05, 0) is 35.4 Å². The Morgan fingerprint density at radius 1 is 1.33 bits per heavy atom. The highest BCUT2D eigenvalue weighted by Gasteiger charge is 2.21. The lowest BCUT2D eigenvalue weighted by Crippen LogP contribution is -2.29. The molecule has 1 aliphatic rings. The van der Waals surface area contributed by atoms with E-state index < -0.39 is 0 Å². The van der Waals surface area contributed by atoms with Crippen LogP contribution in [-0.2, 0) is 6.42 Å². The van der Waals surface area contributed by atoms with Crippen molar-refractivity contribution in [3.63, 3.8) is 0 Å². The van der Waals surface area contributed by atoms with E-state index in [4.69, 9.17) is 12.2 Å². The minimum atomic E-state index is -0.111. The van der Waals surface area contributed by atoms with E-state index in [0.717, 1.165) is 12.2 Å². The van der Waals surface area contributed by atoms with E-state index in [9.17, 15) is 4.79 Å². The first-order valence-corrected chi connectivity index (χ1v) is 8.37. The molecule has 2 heterocycles. The van der Waals surface area contributed by atoms with Gasteiger partial charge in [0.1, 0.15) is 4.64 Å². The van der Waals surface area contributed by atoms with Crippen LogP contribution in [0.2, 0.25) is 0 Å². The molecule has 0 spiro atoms. The summed E-state index contributed by atoms with van der Waals surface area (Å²) >= 11 is 7.04. The molecule has 0 fully saturated rings. The van der Waals surface area contributed by atoms with Gasteiger partial charge in [-0.3, -0.25) is 4.79 Å². The first kappa shape index (κ1) is 14.4. The molecular formula is C16H16N2OS2. The number of rotatable bonds is 3. The average Bonchev–Trinajstić information content (AvgIpc) is 2.53. The molecule has 3 nitrogen and oxygen atoms in total. The normalized spacial score (nSPS) is 17.0. The van der Waals surface area contributed by atoms with Crippen molar-refractivity contribution in [3.05, 3.63) is 63.9 Å². The van der Waals surface area contributed by atoms with Crippen LogP contribution in [0, 0.1) is 4.64 Å². The monoisotopic (exact) mass is 316 g/mol. The molecule has 0 saturated carbocycles. The number of pyridine rings is 1. The van der Waals surface area contributed by atoms with Crippen molar-refractivity contribution >= 4 is 29.9 Å². The Kier molecular flexibility index (Phi) is 4.41. The van der Waals surface area contributed by atoms with E-state index in [1.807, 2.05) is 11.8 Å². The Bertz CT molecular complexity index is 711. The smallest absolute Gasteiger partial charge is 0.254 e. The van der Waals surface area contributed by atoms with Gasteiger partial charge in [0, 0.05) is 18.0 Å². The van der Waals surface area contributed by atoms with Crippen LogP contribution in [0.15, 0.2) is 42.6 Å². The minimum Gasteiger partial charge on any atom is -0.352 e. The van der Waals surface area contributed by atoms with Gasteiger partial charge in [0.05, 0.1) is 5.56 Å². The van der Waals surface area contributed by atoms with E-state index in [-0.39, 0.29) is 5.91 Å². The Morgan fingerprint density at radius 3 is 3.05 bits per heavy atom. The summed E-state index contributed by atoms with van der Waals surface area (Å²) in [5.41, 5.74) is 3.27. The Balaban J connectivity index is 1.70. The number of aromatic amines is 1. The number of benzene rings is 1. The van der Waals surface area contributed by atoms with Gasteiger partial charge >= 0.3 is 0 Å². The quantitative estimate of drug-likeness (QED) is 0.852. The second-order valence-corrected chi connectivity index (χ2v) is 6.65. The summed E-state index contributed by atoms with van der Waals surface area (Å²) < 4.78 is 0.478. The Labute approximate surface area is 133 Å². The zero-order chi connectivity index (χ0) is 14.7. The van der Waals surface area contributed by atoms with Crippen LogP contribution < -0.4 is 5.32 Å². The molecule has 108 valence electrons. The van der Waals surface area contributed by atoms with Gasteiger partial charge in [-0.1, -0.05) is 36.5 Å². The van der Waals surface area contributed by atoms with Crippen LogP contribution in [-0.4, -0.2) is 23.2 Å². The summed E-state index contributed by atoms with van der Waals surface area (Å²) in [5.74, 6) is 0.990. The number of H-pyrrole nitrogens is 1. The minimum absolute atomic E-state index is 0.111. The van der Waals surface area contributed by atoms with Gasteiger partial charge < -0.3 is 10.3 Å². The maximum atomic E-state index is 12.2. The molecule has 0 saturated heterocycles. The zero-order valence-corrected chi connectivity index (χ0v) is 13.1. The van der Waals surface area contributed by atoms with Crippen molar-refractivity contribution in [2.24, 2.45) is 0 Å². The predicted octanol–water partition coefficient (Wildman–Crippen LogP) is 3.50. The van der Waals surface area contributed by atoms with Crippen LogP contribution in [0.4, 0.5) is 0 Å². The van der Waals surface area contributed by atoms with E-state index in [0.29, 0.717) is 22.0 Å². The molecule has 1 amide bonds. The van der Waals surface area contributed by atoms with E-state index in [1.165, 1.54) is 11.1 Å². The second kappa shape index (κ2) is 6.45. The number of hydrogen-bond donors (Lipinski definition) is 2. The van der Waals surface area contributed by atoms with E-state index in [2.05, 4.69) is 34.6 Å². The molecule has 5 heteroatoms.